The van der Waals surface area contributed by atoms with Gasteiger partial charge in [0.1, 0.15) is 5.69 Å². The van der Waals surface area contributed by atoms with Gasteiger partial charge in [-0.2, -0.15) is 23.5 Å². The maximum Gasteiger partial charge on any atom is 0.435 e. The summed E-state index contributed by atoms with van der Waals surface area (Å²) in [4.78, 5) is 13.3. The highest BCUT2D eigenvalue weighted by Crippen LogP contribution is 2.32. The number of nitrogens with one attached hydrogen (secondary N) is 2. The molecule has 9 heteroatoms. The Morgan fingerprint density at radius 2 is 1.74 bits per heavy atom. The van der Waals surface area contributed by atoms with Crippen LogP contribution in [0, 0.1) is 17.2 Å². The number of benzene rings is 3. The van der Waals surface area contributed by atoms with Crippen molar-refractivity contribution in [2.75, 3.05) is 11.9 Å². The Morgan fingerprint density at radius 3 is 2.45 bits per heavy atom. The molecule has 192 valence electrons. The second-order valence-corrected chi connectivity index (χ2v) is 9.26. The lowest BCUT2D eigenvalue weighted by Crippen LogP contribution is -2.25. The normalized spacial score (nSPS) is 14.1. The monoisotopic (exact) mass is 515 g/mol. The van der Waals surface area contributed by atoms with Crippen molar-refractivity contribution >= 4 is 11.6 Å². The fourth-order valence-electron chi connectivity index (χ4n) is 4.26. The van der Waals surface area contributed by atoms with Gasteiger partial charge in [0.15, 0.2) is 5.69 Å². The van der Waals surface area contributed by atoms with Crippen LogP contribution in [0.3, 0.4) is 0 Å². The van der Waals surface area contributed by atoms with Gasteiger partial charge < -0.3 is 10.6 Å². The SMILES string of the molecule is N#Cc1cccc(-n2nc(C(F)(F)F)cc2C(=O)Nc2cccc(C(NCC3CC3)c3ccccc3)c2)c1. The van der Waals surface area contributed by atoms with Gasteiger partial charge in [-0.3, -0.25) is 4.79 Å². The predicted octanol–water partition coefficient (Wildman–Crippen LogP) is 6.10. The van der Waals surface area contributed by atoms with Crippen LogP contribution in [-0.4, -0.2) is 22.2 Å². The molecule has 1 saturated carbocycles. The van der Waals surface area contributed by atoms with Crippen LogP contribution in [0.5, 0.6) is 0 Å². The zero-order valence-corrected chi connectivity index (χ0v) is 20.2. The van der Waals surface area contributed by atoms with E-state index in [-0.39, 0.29) is 23.0 Å². The number of rotatable bonds is 8. The molecule has 1 aliphatic carbocycles. The van der Waals surface area contributed by atoms with Gasteiger partial charge in [0.2, 0.25) is 0 Å². The standard InChI is InChI=1S/C29H24F3N5O/c30-29(31,32)26-16-25(37(36-26)24-11-4-6-20(14-24)17-33)28(38)35-23-10-5-9-22(15-23)27(34-18-19-12-13-19)21-7-2-1-3-8-21/h1-11,14-16,19,27,34H,12-13,18H2,(H,35,38). The molecule has 0 saturated heterocycles. The van der Waals surface area contributed by atoms with Crippen molar-refractivity contribution in [2.24, 2.45) is 5.92 Å². The summed E-state index contributed by atoms with van der Waals surface area (Å²) in [5.41, 5.74) is 1.33. The summed E-state index contributed by atoms with van der Waals surface area (Å²) in [6.07, 6.45) is -2.34. The van der Waals surface area contributed by atoms with Gasteiger partial charge in [-0.15, -0.1) is 0 Å². The van der Waals surface area contributed by atoms with Crippen LogP contribution in [0.2, 0.25) is 0 Å². The first-order valence-corrected chi connectivity index (χ1v) is 12.2. The molecule has 2 N–H and O–H groups in total. The van der Waals surface area contributed by atoms with E-state index in [1.54, 1.807) is 12.1 Å². The van der Waals surface area contributed by atoms with Gasteiger partial charge in [0.25, 0.3) is 5.91 Å². The van der Waals surface area contributed by atoms with E-state index in [0.717, 1.165) is 22.4 Å². The van der Waals surface area contributed by atoms with Crippen molar-refractivity contribution in [3.8, 4) is 11.8 Å². The van der Waals surface area contributed by atoms with Crippen LogP contribution >= 0.6 is 0 Å². The Kier molecular flexibility index (Phi) is 6.99. The molecule has 1 fully saturated rings. The molecule has 0 radical (unpaired) electrons. The second-order valence-electron chi connectivity index (χ2n) is 9.26. The first-order valence-electron chi connectivity index (χ1n) is 12.2. The van der Waals surface area contributed by atoms with Gasteiger partial charge in [-0.25, -0.2) is 4.68 Å². The van der Waals surface area contributed by atoms with E-state index in [1.165, 1.54) is 37.1 Å². The topological polar surface area (TPSA) is 82.7 Å². The summed E-state index contributed by atoms with van der Waals surface area (Å²) in [6, 6.07) is 25.6. The molecule has 0 spiro atoms. The summed E-state index contributed by atoms with van der Waals surface area (Å²) < 4.78 is 41.4. The zero-order valence-electron chi connectivity index (χ0n) is 20.2. The Balaban J connectivity index is 1.45. The number of aromatic nitrogens is 2. The number of anilines is 1. The number of halogens is 3. The molecule has 5 rings (SSSR count). The first kappa shape index (κ1) is 25.2. The van der Waals surface area contributed by atoms with Gasteiger partial charge in [0, 0.05) is 11.8 Å². The fourth-order valence-corrected chi connectivity index (χ4v) is 4.26. The Morgan fingerprint density at radius 1 is 1.00 bits per heavy atom. The molecule has 1 aliphatic rings. The van der Waals surface area contributed by atoms with Gasteiger partial charge in [-0.05, 0) is 66.8 Å². The highest BCUT2D eigenvalue weighted by Gasteiger charge is 2.36. The van der Waals surface area contributed by atoms with Gasteiger partial charge >= 0.3 is 6.18 Å². The van der Waals surface area contributed by atoms with Crippen molar-refractivity contribution < 1.29 is 18.0 Å². The number of carbonyl (C=O) groups excluding carboxylic acids is 1. The minimum absolute atomic E-state index is 0.107. The molecule has 1 atom stereocenters. The number of nitriles is 1. The molecule has 0 bridgehead atoms. The second kappa shape index (κ2) is 10.5. The van der Waals surface area contributed by atoms with E-state index in [1.807, 2.05) is 48.5 Å². The third kappa shape index (κ3) is 5.76. The smallest absolute Gasteiger partial charge is 0.321 e. The third-order valence-electron chi connectivity index (χ3n) is 6.37. The zero-order chi connectivity index (χ0) is 26.7. The lowest BCUT2D eigenvalue weighted by Gasteiger charge is -2.21. The highest BCUT2D eigenvalue weighted by molar-refractivity contribution is 6.03. The molecular formula is C29H24F3N5O. The molecule has 1 amide bonds. The van der Waals surface area contributed by atoms with E-state index < -0.39 is 17.8 Å². The molecule has 0 aliphatic heterocycles. The number of hydrogen-bond donors (Lipinski definition) is 2. The third-order valence-corrected chi connectivity index (χ3v) is 6.37. The lowest BCUT2D eigenvalue weighted by molar-refractivity contribution is -0.141. The molecule has 38 heavy (non-hydrogen) atoms. The Labute approximate surface area is 217 Å². The van der Waals surface area contributed by atoms with Crippen LogP contribution in [0.4, 0.5) is 18.9 Å². The summed E-state index contributed by atoms with van der Waals surface area (Å²) in [6.45, 7) is 0.872. The maximum absolute atomic E-state index is 13.5. The van der Waals surface area contributed by atoms with Crippen molar-refractivity contribution in [3.05, 3.63) is 113 Å². The fraction of sp³-hybridized carbons (Fsp3) is 0.207. The summed E-state index contributed by atoms with van der Waals surface area (Å²) in [7, 11) is 0. The number of hydrogen-bond acceptors (Lipinski definition) is 4. The van der Waals surface area contributed by atoms with E-state index in [4.69, 9.17) is 0 Å². The largest absolute Gasteiger partial charge is 0.435 e. The van der Waals surface area contributed by atoms with Crippen LogP contribution in [0.15, 0.2) is 84.9 Å². The maximum atomic E-state index is 13.5. The molecule has 3 aromatic carbocycles. The van der Waals surface area contributed by atoms with Crippen molar-refractivity contribution in [2.45, 2.75) is 25.1 Å². The lowest BCUT2D eigenvalue weighted by atomic mass is 9.98. The molecule has 6 nitrogen and oxygen atoms in total. The van der Waals surface area contributed by atoms with Crippen molar-refractivity contribution in [3.63, 3.8) is 0 Å². The molecule has 1 unspecified atom stereocenters. The van der Waals surface area contributed by atoms with Crippen LogP contribution in [-0.2, 0) is 6.18 Å². The van der Waals surface area contributed by atoms with Crippen molar-refractivity contribution in [1.82, 2.24) is 15.1 Å². The minimum atomic E-state index is -4.75. The van der Waals surface area contributed by atoms with E-state index in [2.05, 4.69) is 15.7 Å². The molecule has 1 heterocycles. The van der Waals surface area contributed by atoms with Crippen LogP contribution in [0.25, 0.3) is 5.69 Å². The molecular weight excluding hydrogens is 491 g/mol. The summed E-state index contributed by atoms with van der Waals surface area (Å²) in [5.74, 6) is -0.0959. The van der Waals surface area contributed by atoms with Gasteiger partial charge in [-0.1, -0.05) is 48.5 Å². The predicted molar refractivity (Wildman–Crippen MR) is 137 cm³/mol. The number of alkyl halides is 3. The average molecular weight is 516 g/mol. The van der Waals surface area contributed by atoms with Crippen LogP contribution < -0.4 is 10.6 Å². The first-order chi connectivity index (χ1) is 18.3. The van der Waals surface area contributed by atoms with Crippen molar-refractivity contribution in [1.29, 1.82) is 5.26 Å². The summed E-state index contributed by atoms with van der Waals surface area (Å²) >= 11 is 0. The number of amides is 1. The Hall–Kier alpha value is -4.42. The van der Waals surface area contributed by atoms with E-state index in [0.29, 0.717) is 17.7 Å². The Bertz CT molecular complexity index is 1490. The summed E-state index contributed by atoms with van der Waals surface area (Å²) in [5, 5.41) is 19.2. The van der Waals surface area contributed by atoms with Crippen LogP contribution in [0.1, 0.15) is 51.8 Å². The average Bonchev–Trinajstić information content (AvgIpc) is 3.63. The van der Waals surface area contributed by atoms with E-state index >= 15 is 0 Å². The number of carbonyl (C=O) groups is 1. The van der Waals surface area contributed by atoms with Gasteiger partial charge in [0.05, 0.1) is 23.4 Å². The quantitative estimate of drug-likeness (QED) is 0.297. The highest BCUT2D eigenvalue weighted by atomic mass is 19.4. The molecule has 4 aromatic rings. The number of nitrogens with zero attached hydrogens (tertiary/aromatic N) is 3. The van der Waals surface area contributed by atoms with E-state index in [9.17, 15) is 23.2 Å². The molecule has 1 aromatic heterocycles. The minimum Gasteiger partial charge on any atom is -0.321 e.